The highest BCUT2D eigenvalue weighted by atomic mass is 16.5. The topological polar surface area (TPSA) is 29.5 Å². The molecule has 2 heterocycles. The second-order valence-electron chi connectivity index (χ2n) is 8.35. The number of rotatable bonds is 2. The first-order chi connectivity index (χ1) is 10.8. The van der Waals surface area contributed by atoms with Gasteiger partial charge in [0.15, 0.2) is 0 Å². The highest BCUT2D eigenvalue weighted by Crippen LogP contribution is 2.64. The summed E-state index contributed by atoms with van der Waals surface area (Å²) >= 11 is 0. The summed E-state index contributed by atoms with van der Waals surface area (Å²) < 4.78 is 5.49. The molecule has 4 bridgehead atoms. The standard InChI is InChI=1S/C20H27NO2/c1-12(22)15-10-20(3)18-8-13-6-7-14(23-5)9-16(13)19(20,2)11-17(15)21(18)4/h6-7,9,15,17-18H,8,10-11H2,1-5H3/t15?,17?,18?,19-,20+/m0/s1. The van der Waals surface area contributed by atoms with E-state index >= 15 is 0 Å². The van der Waals surface area contributed by atoms with Gasteiger partial charge >= 0.3 is 0 Å². The van der Waals surface area contributed by atoms with Crippen LogP contribution in [-0.4, -0.2) is 36.9 Å². The lowest BCUT2D eigenvalue weighted by molar-refractivity contribution is -0.161. The zero-order chi connectivity index (χ0) is 16.6. The van der Waals surface area contributed by atoms with Crippen LogP contribution in [0.5, 0.6) is 5.75 Å². The lowest BCUT2D eigenvalue weighted by Crippen LogP contribution is -2.73. The fraction of sp³-hybridized carbons (Fsp3) is 0.650. The smallest absolute Gasteiger partial charge is 0.134 e. The predicted molar refractivity (Wildman–Crippen MR) is 90.9 cm³/mol. The molecule has 0 radical (unpaired) electrons. The van der Waals surface area contributed by atoms with Crippen molar-refractivity contribution in [1.29, 1.82) is 0 Å². The lowest BCUT2D eigenvalue weighted by atomic mass is 9.42. The van der Waals surface area contributed by atoms with Crippen LogP contribution in [0.3, 0.4) is 0 Å². The summed E-state index contributed by atoms with van der Waals surface area (Å²) in [5, 5.41) is 0. The molecule has 3 heteroatoms. The summed E-state index contributed by atoms with van der Waals surface area (Å²) in [6, 6.07) is 7.49. The third kappa shape index (κ3) is 1.72. The molecule has 0 amide bonds. The summed E-state index contributed by atoms with van der Waals surface area (Å²) in [7, 11) is 3.97. The molecular formula is C20H27NO2. The van der Waals surface area contributed by atoms with Gasteiger partial charge in [0.25, 0.3) is 0 Å². The van der Waals surface area contributed by atoms with E-state index in [0.717, 1.165) is 25.0 Å². The molecule has 3 unspecified atom stereocenters. The normalized spacial score (nSPS) is 41.5. The molecule has 0 aromatic heterocycles. The van der Waals surface area contributed by atoms with Gasteiger partial charge in [-0.25, -0.2) is 0 Å². The summed E-state index contributed by atoms with van der Waals surface area (Å²) in [4.78, 5) is 14.7. The van der Waals surface area contributed by atoms with Gasteiger partial charge in [-0.3, -0.25) is 9.69 Å². The number of likely N-dealkylation sites (N-methyl/N-ethyl adjacent to an activating group) is 1. The monoisotopic (exact) mass is 313 g/mol. The number of carbonyl (C=O) groups is 1. The van der Waals surface area contributed by atoms with Gasteiger partial charge in [0.1, 0.15) is 11.5 Å². The number of hydrogen-bond donors (Lipinski definition) is 0. The zero-order valence-corrected chi connectivity index (χ0v) is 14.8. The van der Waals surface area contributed by atoms with Crippen molar-refractivity contribution >= 4 is 5.78 Å². The highest BCUT2D eigenvalue weighted by Gasteiger charge is 2.65. The van der Waals surface area contributed by atoms with E-state index in [1.54, 1.807) is 14.0 Å². The van der Waals surface area contributed by atoms with Crippen molar-refractivity contribution in [2.75, 3.05) is 14.2 Å². The molecule has 5 rings (SSSR count). The lowest BCUT2D eigenvalue weighted by Gasteiger charge is -2.69. The number of carbonyl (C=O) groups excluding carboxylic acids is 1. The Bertz CT molecular complexity index is 684. The van der Waals surface area contributed by atoms with Crippen molar-refractivity contribution in [3.05, 3.63) is 29.3 Å². The Kier molecular flexibility index (Phi) is 3.04. The maximum Gasteiger partial charge on any atom is 0.134 e. The van der Waals surface area contributed by atoms with Crippen LogP contribution in [0.25, 0.3) is 0 Å². The molecule has 124 valence electrons. The molecule has 2 saturated heterocycles. The van der Waals surface area contributed by atoms with Crippen LogP contribution in [0.15, 0.2) is 18.2 Å². The number of Topliss-reactive ketones (excluding diaryl/α,β-unsaturated/α-hetero) is 1. The Balaban J connectivity index is 1.89. The van der Waals surface area contributed by atoms with E-state index in [4.69, 9.17) is 4.74 Å². The summed E-state index contributed by atoms with van der Waals surface area (Å²) in [6.07, 6.45) is 3.18. The third-order valence-electron chi connectivity index (χ3n) is 7.58. The summed E-state index contributed by atoms with van der Waals surface area (Å²) in [5.41, 5.74) is 3.19. The van der Waals surface area contributed by atoms with E-state index in [-0.39, 0.29) is 16.7 Å². The van der Waals surface area contributed by atoms with Gasteiger partial charge in [0.2, 0.25) is 0 Å². The number of benzene rings is 1. The van der Waals surface area contributed by atoms with Gasteiger partial charge in [0, 0.05) is 23.4 Å². The minimum atomic E-state index is 0.128. The van der Waals surface area contributed by atoms with Crippen molar-refractivity contribution in [2.24, 2.45) is 11.3 Å². The second-order valence-corrected chi connectivity index (χ2v) is 8.35. The average molecular weight is 313 g/mol. The SMILES string of the molecule is COc1ccc2c(c1)[C@]1(C)CC3C(C(C)=O)C[C@]1(C)C(C2)N3C. The first-order valence-electron chi connectivity index (χ1n) is 8.71. The van der Waals surface area contributed by atoms with E-state index in [1.807, 2.05) is 0 Å². The molecule has 23 heavy (non-hydrogen) atoms. The van der Waals surface area contributed by atoms with E-state index in [9.17, 15) is 4.79 Å². The summed E-state index contributed by atoms with van der Waals surface area (Å²) in [6.45, 7) is 6.62. The van der Waals surface area contributed by atoms with Crippen molar-refractivity contribution < 1.29 is 9.53 Å². The van der Waals surface area contributed by atoms with Crippen LogP contribution in [0, 0.1) is 11.3 Å². The second kappa shape index (κ2) is 4.60. The Hall–Kier alpha value is -1.35. The van der Waals surface area contributed by atoms with E-state index < -0.39 is 0 Å². The molecule has 1 saturated carbocycles. The Morgan fingerprint density at radius 1 is 1.30 bits per heavy atom. The molecule has 5 atom stereocenters. The molecule has 2 aliphatic carbocycles. The molecule has 1 aromatic rings. The summed E-state index contributed by atoms with van der Waals surface area (Å²) in [5.74, 6) is 1.51. The first-order valence-corrected chi connectivity index (χ1v) is 8.71. The number of methoxy groups -OCH3 is 1. The maximum absolute atomic E-state index is 12.2. The van der Waals surface area contributed by atoms with Gasteiger partial charge in [-0.1, -0.05) is 19.9 Å². The number of ketones is 1. The average Bonchev–Trinajstić information content (AvgIpc) is 2.51. The minimum Gasteiger partial charge on any atom is -0.497 e. The van der Waals surface area contributed by atoms with E-state index in [1.165, 1.54) is 11.1 Å². The maximum atomic E-state index is 12.2. The van der Waals surface area contributed by atoms with Crippen LogP contribution < -0.4 is 4.74 Å². The van der Waals surface area contributed by atoms with Gasteiger partial charge in [-0.15, -0.1) is 0 Å². The third-order valence-corrected chi connectivity index (χ3v) is 7.58. The molecule has 0 spiro atoms. The zero-order valence-electron chi connectivity index (χ0n) is 14.8. The van der Waals surface area contributed by atoms with Crippen LogP contribution in [0.1, 0.15) is 44.7 Å². The van der Waals surface area contributed by atoms with Crippen molar-refractivity contribution in [1.82, 2.24) is 4.90 Å². The fourth-order valence-corrected chi connectivity index (χ4v) is 6.01. The molecule has 4 aliphatic rings. The van der Waals surface area contributed by atoms with Gasteiger partial charge in [-0.2, -0.15) is 0 Å². The van der Waals surface area contributed by atoms with E-state index in [0.29, 0.717) is 17.9 Å². The fourth-order valence-electron chi connectivity index (χ4n) is 6.01. The molecular weight excluding hydrogens is 286 g/mol. The van der Waals surface area contributed by atoms with Gasteiger partial charge in [-0.05, 0) is 61.9 Å². The van der Waals surface area contributed by atoms with E-state index in [2.05, 4.69) is 44.0 Å². The largest absolute Gasteiger partial charge is 0.497 e. The molecule has 3 nitrogen and oxygen atoms in total. The number of hydrogen-bond acceptors (Lipinski definition) is 3. The van der Waals surface area contributed by atoms with Crippen LogP contribution >= 0.6 is 0 Å². The van der Waals surface area contributed by atoms with Crippen LogP contribution in [-0.2, 0) is 16.6 Å². The van der Waals surface area contributed by atoms with Gasteiger partial charge < -0.3 is 4.74 Å². The Labute approximate surface area is 139 Å². The minimum absolute atomic E-state index is 0.128. The Morgan fingerprint density at radius 2 is 2.04 bits per heavy atom. The van der Waals surface area contributed by atoms with Gasteiger partial charge in [0.05, 0.1) is 7.11 Å². The number of nitrogens with zero attached hydrogens (tertiary/aromatic N) is 1. The molecule has 3 fully saturated rings. The molecule has 1 aromatic carbocycles. The number of piperidine rings is 2. The quantitative estimate of drug-likeness (QED) is 0.840. The van der Waals surface area contributed by atoms with Crippen molar-refractivity contribution in [3.63, 3.8) is 0 Å². The molecule has 2 aliphatic heterocycles. The number of fused-ring (bicyclic) bond motifs is 2. The molecule has 0 N–H and O–H groups in total. The van der Waals surface area contributed by atoms with Crippen LogP contribution in [0.2, 0.25) is 0 Å². The Morgan fingerprint density at radius 3 is 2.70 bits per heavy atom. The van der Waals surface area contributed by atoms with Crippen molar-refractivity contribution in [3.8, 4) is 5.75 Å². The predicted octanol–water partition coefficient (Wildman–Crippen LogP) is 3.20. The number of ether oxygens (including phenoxy) is 1. The van der Waals surface area contributed by atoms with Crippen LogP contribution in [0.4, 0.5) is 0 Å². The highest BCUT2D eigenvalue weighted by molar-refractivity contribution is 5.80. The first kappa shape index (κ1) is 15.2. The van der Waals surface area contributed by atoms with Crippen molar-refractivity contribution in [2.45, 2.75) is 57.5 Å².